The van der Waals surface area contributed by atoms with E-state index in [1.165, 1.54) is 17.0 Å². The highest BCUT2D eigenvalue weighted by Gasteiger charge is 2.42. The molecule has 0 radical (unpaired) electrons. The van der Waals surface area contributed by atoms with Crippen molar-refractivity contribution in [2.75, 3.05) is 32.8 Å². The van der Waals surface area contributed by atoms with E-state index in [-0.39, 0.29) is 24.6 Å². The number of alkyl halides is 3. The normalized spacial score (nSPS) is 29.2. The highest BCUT2D eigenvalue weighted by Crippen LogP contribution is 2.30. The second kappa shape index (κ2) is 9.19. The molecule has 0 bridgehead atoms. The van der Waals surface area contributed by atoms with Crippen molar-refractivity contribution in [2.24, 2.45) is 5.92 Å². The van der Waals surface area contributed by atoms with Gasteiger partial charge in [-0.25, -0.2) is 0 Å². The SMILES string of the molecule is O=C(c1cccc(C(F)(F)F)c1)N1CCC(CN2C[C@H](O)[C@@H](O)[C@H](O)[C@@H]2CO)CC1. The van der Waals surface area contributed by atoms with E-state index in [1.807, 2.05) is 0 Å². The third-order valence-electron chi connectivity index (χ3n) is 6.05. The Kier molecular flexibility index (Phi) is 7.03. The molecule has 168 valence electrons. The van der Waals surface area contributed by atoms with Gasteiger partial charge in [0.2, 0.25) is 0 Å². The van der Waals surface area contributed by atoms with Gasteiger partial charge in [0, 0.05) is 31.7 Å². The van der Waals surface area contributed by atoms with Gasteiger partial charge in [0.15, 0.2) is 0 Å². The lowest BCUT2D eigenvalue weighted by Gasteiger charge is -2.45. The zero-order valence-corrected chi connectivity index (χ0v) is 16.4. The molecule has 1 amide bonds. The predicted octanol–water partition coefficient (Wildman–Crippen LogP) is 0.317. The molecule has 2 fully saturated rings. The van der Waals surface area contributed by atoms with Gasteiger partial charge in [-0.15, -0.1) is 0 Å². The van der Waals surface area contributed by atoms with Gasteiger partial charge >= 0.3 is 6.18 Å². The van der Waals surface area contributed by atoms with Crippen molar-refractivity contribution in [3.63, 3.8) is 0 Å². The number of carbonyl (C=O) groups is 1. The van der Waals surface area contributed by atoms with Crippen LogP contribution in [0.1, 0.15) is 28.8 Å². The second-order valence-corrected chi connectivity index (χ2v) is 8.07. The minimum atomic E-state index is -4.51. The Morgan fingerprint density at radius 2 is 1.77 bits per heavy atom. The van der Waals surface area contributed by atoms with E-state index in [0.717, 1.165) is 12.1 Å². The molecule has 0 aromatic heterocycles. The Bertz CT molecular complexity index is 739. The fourth-order valence-electron chi connectivity index (χ4n) is 4.25. The number of likely N-dealkylation sites (tertiary alicyclic amines) is 2. The van der Waals surface area contributed by atoms with Crippen molar-refractivity contribution < 1.29 is 38.4 Å². The number of carbonyl (C=O) groups excluding carboxylic acids is 1. The Morgan fingerprint density at radius 3 is 2.37 bits per heavy atom. The van der Waals surface area contributed by atoms with Gasteiger partial charge in [0.05, 0.1) is 24.3 Å². The van der Waals surface area contributed by atoms with Gasteiger partial charge in [-0.05, 0) is 37.0 Å². The van der Waals surface area contributed by atoms with Crippen LogP contribution in [-0.2, 0) is 6.18 Å². The monoisotopic (exact) mass is 432 g/mol. The summed E-state index contributed by atoms with van der Waals surface area (Å²) in [5.74, 6) is -0.320. The van der Waals surface area contributed by atoms with Crippen molar-refractivity contribution in [3.05, 3.63) is 35.4 Å². The van der Waals surface area contributed by atoms with Gasteiger partial charge in [-0.2, -0.15) is 13.2 Å². The van der Waals surface area contributed by atoms with Gasteiger partial charge < -0.3 is 25.3 Å². The van der Waals surface area contributed by atoms with Crippen molar-refractivity contribution in [3.8, 4) is 0 Å². The molecular weight excluding hydrogens is 405 g/mol. The maximum Gasteiger partial charge on any atom is 0.416 e. The van der Waals surface area contributed by atoms with Gasteiger partial charge in [0.1, 0.15) is 12.2 Å². The molecule has 0 aliphatic carbocycles. The van der Waals surface area contributed by atoms with Crippen LogP contribution >= 0.6 is 0 Å². The molecule has 4 N–H and O–H groups in total. The summed E-state index contributed by atoms with van der Waals surface area (Å²) < 4.78 is 38.7. The molecule has 1 aromatic carbocycles. The van der Waals surface area contributed by atoms with Crippen LogP contribution in [0.4, 0.5) is 13.2 Å². The number of aliphatic hydroxyl groups is 4. The quantitative estimate of drug-likeness (QED) is 0.546. The van der Waals surface area contributed by atoms with E-state index in [4.69, 9.17) is 0 Å². The summed E-state index contributed by atoms with van der Waals surface area (Å²) in [6.07, 6.45) is -7.00. The number of nitrogens with zero attached hydrogens (tertiary/aromatic N) is 2. The summed E-state index contributed by atoms with van der Waals surface area (Å²) >= 11 is 0. The second-order valence-electron chi connectivity index (χ2n) is 8.07. The van der Waals surface area contributed by atoms with Gasteiger partial charge in [-0.1, -0.05) is 6.07 Å². The Balaban J connectivity index is 1.58. The van der Waals surface area contributed by atoms with Crippen molar-refractivity contribution in [1.82, 2.24) is 9.80 Å². The van der Waals surface area contributed by atoms with Crippen LogP contribution in [0.5, 0.6) is 0 Å². The summed E-state index contributed by atoms with van der Waals surface area (Å²) in [6.45, 7) is 0.985. The molecule has 2 aliphatic rings. The number of aliphatic hydroxyl groups excluding tert-OH is 4. The smallest absolute Gasteiger partial charge is 0.395 e. The maximum atomic E-state index is 12.9. The van der Waals surface area contributed by atoms with Crippen LogP contribution in [0.15, 0.2) is 24.3 Å². The lowest BCUT2D eigenvalue weighted by Crippen LogP contribution is -2.63. The van der Waals surface area contributed by atoms with Crippen LogP contribution in [0.25, 0.3) is 0 Å². The van der Waals surface area contributed by atoms with E-state index in [9.17, 15) is 38.4 Å². The third-order valence-corrected chi connectivity index (χ3v) is 6.05. The predicted molar refractivity (Wildman–Crippen MR) is 101 cm³/mol. The first-order chi connectivity index (χ1) is 14.1. The Hall–Kier alpha value is -1.72. The van der Waals surface area contributed by atoms with E-state index >= 15 is 0 Å². The fourth-order valence-corrected chi connectivity index (χ4v) is 4.25. The standard InChI is InChI=1S/C20H27F3N2O5/c21-20(22,23)14-3-1-2-13(8-14)19(30)24-6-4-12(5-7-24)9-25-10-16(27)18(29)17(28)15(25)11-26/h1-3,8,12,15-18,26-29H,4-7,9-11H2/t15-,16-,17+,18+/m0/s1. The molecule has 2 saturated heterocycles. The van der Waals surface area contributed by atoms with Crippen LogP contribution in [0, 0.1) is 5.92 Å². The highest BCUT2D eigenvalue weighted by atomic mass is 19.4. The van der Waals surface area contributed by atoms with Crippen LogP contribution in [0.2, 0.25) is 0 Å². The van der Waals surface area contributed by atoms with E-state index < -0.39 is 42.0 Å². The topological polar surface area (TPSA) is 104 Å². The van der Waals surface area contributed by atoms with Gasteiger partial charge in [0.25, 0.3) is 5.91 Å². The number of hydrogen-bond acceptors (Lipinski definition) is 6. The molecule has 2 aliphatic heterocycles. The number of piperidine rings is 2. The molecule has 2 heterocycles. The molecule has 0 unspecified atom stereocenters. The van der Waals surface area contributed by atoms with E-state index in [0.29, 0.717) is 32.5 Å². The molecule has 0 saturated carbocycles. The van der Waals surface area contributed by atoms with Gasteiger partial charge in [-0.3, -0.25) is 9.69 Å². The minimum absolute atomic E-state index is 0.000109. The average Bonchev–Trinajstić information content (AvgIpc) is 2.72. The highest BCUT2D eigenvalue weighted by molar-refractivity contribution is 5.94. The number of benzene rings is 1. The summed E-state index contributed by atoms with van der Waals surface area (Å²) in [6, 6.07) is 3.70. The largest absolute Gasteiger partial charge is 0.416 e. The molecule has 7 nitrogen and oxygen atoms in total. The first kappa shape index (κ1) is 23.0. The van der Waals surface area contributed by atoms with E-state index in [1.54, 1.807) is 4.90 Å². The van der Waals surface area contributed by atoms with Crippen LogP contribution in [-0.4, -0.2) is 93.3 Å². The summed E-state index contributed by atoms with van der Waals surface area (Å²) in [5.41, 5.74) is -0.859. The molecule has 3 rings (SSSR count). The summed E-state index contributed by atoms with van der Waals surface area (Å²) in [4.78, 5) is 15.9. The summed E-state index contributed by atoms with van der Waals surface area (Å²) in [7, 11) is 0. The maximum absolute atomic E-state index is 12.9. The van der Waals surface area contributed by atoms with Crippen LogP contribution < -0.4 is 0 Å². The average molecular weight is 432 g/mol. The Labute approximate surface area is 172 Å². The van der Waals surface area contributed by atoms with Crippen molar-refractivity contribution in [2.45, 2.75) is 43.4 Å². The van der Waals surface area contributed by atoms with Crippen LogP contribution in [0.3, 0.4) is 0 Å². The number of β-amino-alcohol motifs (C(OH)–C–C–N with tert-alkyl or cyclic N) is 1. The molecule has 30 heavy (non-hydrogen) atoms. The molecule has 0 spiro atoms. The van der Waals surface area contributed by atoms with Crippen molar-refractivity contribution in [1.29, 1.82) is 0 Å². The zero-order valence-electron chi connectivity index (χ0n) is 16.4. The zero-order chi connectivity index (χ0) is 22.1. The Morgan fingerprint density at radius 1 is 1.10 bits per heavy atom. The number of hydrogen-bond donors (Lipinski definition) is 4. The molecular formula is C20H27F3N2O5. The first-order valence-electron chi connectivity index (χ1n) is 9.97. The molecule has 4 atom stereocenters. The van der Waals surface area contributed by atoms with E-state index in [2.05, 4.69) is 0 Å². The molecule has 1 aromatic rings. The lowest BCUT2D eigenvalue weighted by molar-refractivity contribution is -0.148. The first-order valence-corrected chi connectivity index (χ1v) is 9.97. The molecule has 10 heteroatoms. The minimum Gasteiger partial charge on any atom is -0.395 e. The lowest BCUT2D eigenvalue weighted by atomic mass is 9.90. The van der Waals surface area contributed by atoms with Crippen molar-refractivity contribution >= 4 is 5.91 Å². The number of amides is 1. The number of rotatable bonds is 4. The summed E-state index contributed by atoms with van der Waals surface area (Å²) in [5, 5.41) is 39.4. The third kappa shape index (κ3) is 4.94. The number of halogens is 3. The fraction of sp³-hybridized carbons (Fsp3) is 0.650.